The van der Waals surface area contributed by atoms with Gasteiger partial charge < -0.3 is 9.42 Å². The highest BCUT2D eigenvalue weighted by Gasteiger charge is 2.30. The summed E-state index contributed by atoms with van der Waals surface area (Å²) in [6.07, 6.45) is 6.67. The van der Waals surface area contributed by atoms with Crippen molar-refractivity contribution in [2.45, 2.75) is 38.0 Å². The van der Waals surface area contributed by atoms with Gasteiger partial charge in [-0.05, 0) is 43.7 Å². The van der Waals surface area contributed by atoms with Crippen molar-refractivity contribution in [3.8, 4) is 0 Å². The molecule has 1 aromatic carbocycles. The van der Waals surface area contributed by atoms with Gasteiger partial charge in [-0.15, -0.1) is 0 Å². The zero-order valence-electron chi connectivity index (χ0n) is 15.0. The van der Waals surface area contributed by atoms with Crippen LogP contribution in [-0.2, 0) is 6.42 Å². The third-order valence-corrected chi connectivity index (χ3v) is 5.36. The van der Waals surface area contributed by atoms with Crippen molar-refractivity contribution in [1.29, 1.82) is 0 Å². The Morgan fingerprint density at radius 3 is 2.85 bits per heavy atom. The molecule has 1 atom stereocenters. The van der Waals surface area contributed by atoms with Crippen LogP contribution in [-0.4, -0.2) is 44.0 Å². The fraction of sp³-hybridized carbons (Fsp3) is 0.450. The maximum atomic E-state index is 12.9. The topological polar surface area (TPSA) is 85.0 Å². The Hall–Kier alpha value is -2.83. The van der Waals surface area contributed by atoms with Crippen LogP contribution in [0.15, 0.2) is 35.0 Å². The van der Waals surface area contributed by atoms with Gasteiger partial charge in [0.2, 0.25) is 5.89 Å². The second-order valence-corrected chi connectivity index (χ2v) is 7.53. The smallest absolute Gasteiger partial charge is 0.274 e. The number of hydrogen-bond donors (Lipinski definition) is 0. The van der Waals surface area contributed by atoms with E-state index < -0.39 is 0 Å². The predicted octanol–water partition coefficient (Wildman–Crippen LogP) is 2.99. The summed E-state index contributed by atoms with van der Waals surface area (Å²) < 4.78 is 5.41. The Bertz CT molecular complexity index is 981. The minimum absolute atomic E-state index is 0.0536. The normalized spacial score (nSPS) is 20.1. The number of carbonyl (C=O) groups is 1. The van der Waals surface area contributed by atoms with Crippen LogP contribution >= 0.6 is 0 Å². The largest absolute Gasteiger partial charge is 0.339 e. The molecule has 27 heavy (non-hydrogen) atoms. The molecule has 1 aliphatic heterocycles. The van der Waals surface area contributed by atoms with E-state index in [0.29, 0.717) is 30.0 Å². The van der Waals surface area contributed by atoms with E-state index in [2.05, 4.69) is 20.1 Å². The molecule has 0 radical (unpaired) electrons. The molecule has 2 aliphatic rings. The van der Waals surface area contributed by atoms with Gasteiger partial charge in [0.1, 0.15) is 5.69 Å². The quantitative estimate of drug-likeness (QED) is 0.708. The van der Waals surface area contributed by atoms with Crippen LogP contribution in [0.1, 0.15) is 53.8 Å². The molecule has 5 rings (SSSR count). The van der Waals surface area contributed by atoms with Gasteiger partial charge in [0, 0.05) is 25.4 Å². The number of piperidine rings is 1. The zero-order chi connectivity index (χ0) is 18.2. The maximum Gasteiger partial charge on any atom is 0.274 e. The highest BCUT2D eigenvalue weighted by atomic mass is 16.5. The Morgan fingerprint density at radius 2 is 2.00 bits per heavy atom. The fourth-order valence-corrected chi connectivity index (χ4v) is 3.74. The molecule has 0 N–H and O–H groups in total. The molecule has 7 heteroatoms. The molecular formula is C20H21N5O2. The lowest BCUT2D eigenvalue weighted by atomic mass is 9.94. The number of benzene rings is 1. The SMILES string of the molecule is O=C(c1cnc2ccccc2n1)N1CCCC(Cc2nc(C3CC3)no2)C1. The first-order valence-electron chi connectivity index (χ1n) is 9.60. The molecule has 138 valence electrons. The number of rotatable bonds is 4. The Morgan fingerprint density at radius 1 is 1.15 bits per heavy atom. The molecule has 1 amide bonds. The number of aromatic nitrogens is 4. The maximum absolute atomic E-state index is 12.9. The second kappa shape index (κ2) is 6.72. The van der Waals surface area contributed by atoms with E-state index in [1.807, 2.05) is 29.2 Å². The number of amides is 1. The molecule has 2 fully saturated rings. The van der Waals surface area contributed by atoms with Crippen molar-refractivity contribution >= 4 is 16.9 Å². The first kappa shape index (κ1) is 16.4. The lowest BCUT2D eigenvalue weighted by Crippen LogP contribution is -2.41. The highest BCUT2D eigenvalue weighted by molar-refractivity contribution is 5.93. The van der Waals surface area contributed by atoms with E-state index in [1.165, 1.54) is 0 Å². The molecule has 1 saturated carbocycles. The second-order valence-electron chi connectivity index (χ2n) is 7.53. The van der Waals surface area contributed by atoms with Gasteiger partial charge in [-0.2, -0.15) is 4.98 Å². The number of para-hydroxylation sites is 2. The minimum atomic E-state index is -0.0536. The van der Waals surface area contributed by atoms with E-state index in [4.69, 9.17) is 4.52 Å². The number of carbonyl (C=O) groups excluding carboxylic acids is 1. The van der Waals surface area contributed by atoms with Gasteiger partial charge in [-0.3, -0.25) is 9.78 Å². The van der Waals surface area contributed by atoms with E-state index in [9.17, 15) is 4.79 Å². The third-order valence-electron chi connectivity index (χ3n) is 5.36. The van der Waals surface area contributed by atoms with Crippen LogP contribution < -0.4 is 0 Å². The van der Waals surface area contributed by atoms with Crippen molar-refractivity contribution in [1.82, 2.24) is 25.0 Å². The Labute approximate surface area is 156 Å². The lowest BCUT2D eigenvalue weighted by Gasteiger charge is -2.32. The highest BCUT2D eigenvalue weighted by Crippen LogP contribution is 2.38. The average molecular weight is 363 g/mol. The summed E-state index contributed by atoms with van der Waals surface area (Å²) in [5, 5.41) is 4.09. The molecule has 1 aliphatic carbocycles. The Kier molecular flexibility index (Phi) is 4.07. The van der Waals surface area contributed by atoms with Crippen molar-refractivity contribution in [2.24, 2.45) is 5.92 Å². The number of hydrogen-bond acceptors (Lipinski definition) is 6. The standard InChI is InChI=1S/C20H21N5O2/c26-20(17-11-21-15-5-1-2-6-16(15)22-17)25-9-3-4-13(12-25)10-18-23-19(24-27-18)14-7-8-14/h1-2,5-6,11,13-14H,3-4,7-10,12H2. The van der Waals surface area contributed by atoms with E-state index in [0.717, 1.165) is 55.5 Å². The van der Waals surface area contributed by atoms with E-state index in [1.54, 1.807) is 6.20 Å². The van der Waals surface area contributed by atoms with Crippen molar-refractivity contribution in [3.05, 3.63) is 47.9 Å². The van der Waals surface area contributed by atoms with Gasteiger partial charge in [0.15, 0.2) is 5.82 Å². The lowest BCUT2D eigenvalue weighted by molar-refractivity contribution is 0.0662. The van der Waals surface area contributed by atoms with Gasteiger partial charge >= 0.3 is 0 Å². The number of fused-ring (bicyclic) bond motifs is 1. The summed E-state index contributed by atoms with van der Waals surface area (Å²) in [6, 6.07) is 7.60. The summed E-state index contributed by atoms with van der Waals surface area (Å²) in [5.74, 6) is 2.33. The van der Waals surface area contributed by atoms with Gasteiger partial charge in [0.25, 0.3) is 5.91 Å². The van der Waals surface area contributed by atoms with Crippen molar-refractivity contribution < 1.29 is 9.32 Å². The van der Waals surface area contributed by atoms with E-state index >= 15 is 0 Å². The van der Waals surface area contributed by atoms with Crippen molar-refractivity contribution in [3.63, 3.8) is 0 Å². The van der Waals surface area contributed by atoms with E-state index in [-0.39, 0.29) is 5.91 Å². The summed E-state index contributed by atoms with van der Waals surface area (Å²) in [4.78, 5) is 28.2. The van der Waals surface area contributed by atoms with Crippen molar-refractivity contribution in [2.75, 3.05) is 13.1 Å². The van der Waals surface area contributed by atoms with Gasteiger partial charge in [0.05, 0.1) is 17.2 Å². The van der Waals surface area contributed by atoms with Crippen LogP contribution in [0, 0.1) is 5.92 Å². The van der Waals surface area contributed by atoms with Gasteiger partial charge in [-0.1, -0.05) is 17.3 Å². The number of likely N-dealkylation sites (tertiary alicyclic amines) is 1. The molecule has 3 heterocycles. The van der Waals surface area contributed by atoms with Crippen LogP contribution in [0.4, 0.5) is 0 Å². The monoisotopic (exact) mass is 363 g/mol. The van der Waals surface area contributed by atoms with Gasteiger partial charge in [-0.25, -0.2) is 4.98 Å². The molecule has 0 bridgehead atoms. The zero-order valence-corrected chi connectivity index (χ0v) is 15.0. The first-order chi connectivity index (χ1) is 13.3. The fourth-order valence-electron chi connectivity index (χ4n) is 3.74. The summed E-state index contributed by atoms with van der Waals surface area (Å²) in [5.41, 5.74) is 1.95. The molecule has 0 spiro atoms. The minimum Gasteiger partial charge on any atom is -0.339 e. The molecule has 1 saturated heterocycles. The first-order valence-corrected chi connectivity index (χ1v) is 9.60. The predicted molar refractivity (Wildman–Crippen MR) is 98.1 cm³/mol. The molecule has 2 aromatic heterocycles. The summed E-state index contributed by atoms with van der Waals surface area (Å²) >= 11 is 0. The average Bonchev–Trinajstić information content (AvgIpc) is 3.47. The van der Waals surface area contributed by atoms with Crippen LogP contribution in [0.3, 0.4) is 0 Å². The summed E-state index contributed by atoms with van der Waals surface area (Å²) in [6.45, 7) is 1.44. The molecule has 3 aromatic rings. The molecule has 7 nitrogen and oxygen atoms in total. The third kappa shape index (κ3) is 3.41. The number of nitrogens with zero attached hydrogens (tertiary/aromatic N) is 5. The Balaban J connectivity index is 1.28. The van der Waals surface area contributed by atoms with Crippen LogP contribution in [0.5, 0.6) is 0 Å². The van der Waals surface area contributed by atoms with Crippen LogP contribution in [0.2, 0.25) is 0 Å². The molecule has 1 unspecified atom stereocenters. The molecular weight excluding hydrogens is 342 g/mol. The van der Waals surface area contributed by atoms with Crippen LogP contribution in [0.25, 0.3) is 11.0 Å². The summed E-state index contributed by atoms with van der Waals surface area (Å²) in [7, 11) is 0.